The van der Waals surface area contributed by atoms with E-state index < -0.39 is 26.5 Å². The van der Waals surface area contributed by atoms with Crippen LogP contribution in [0.3, 0.4) is 0 Å². The number of nitrogens with zero attached hydrogens (tertiary/aromatic N) is 1. The van der Waals surface area contributed by atoms with E-state index in [0.717, 1.165) is 32.1 Å². The summed E-state index contributed by atoms with van der Waals surface area (Å²) in [7, 11) is 1.19. The van der Waals surface area contributed by atoms with Crippen LogP contribution >= 0.6 is 7.82 Å². The Morgan fingerprint density at radius 3 is 0.892 bits per heavy atom. The number of phosphoric acid groups is 1. The standard InChI is InChI=1S/C73H144NO8P/c1-6-8-10-12-14-16-18-20-22-24-26-28-30-32-34-35-36-37-38-39-40-42-44-46-48-50-52-54-56-58-60-62-64-66-73(76)82-71(70-81-83(77,78)80-68-67-74(3,4)5)69-79-72(75)65-63-61-59-57-55-53-51-49-47-45-43-41-33-31-29-27-25-23-21-19-17-15-13-11-9-7-2/h24,26,71H,6-23,25,27-70H2,1-5H3/b26-24-. The Morgan fingerprint density at radius 1 is 0.361 bits per heavy atom. The number of carbonyl (C=O) groups excluding carboxylic acids is 2. The van der Waals surface area contributed by atoms with Crippen molar-refractivity contribution in [3.8, 4) is 0 Å². The Kier molecular flexibility index (Phi) is 64.2. The molecule has 2 unspecified atom stereocenters. The highest BCUT2D eigenvalue weighted by Crippen LogP contribution is 2.38. The van der Waals surface area contributed by atoms with E-state index in [9.17, 15) is 19.0 Å². The Balaban J connectivity index is 3.94. The van der Waals surface area contributed by atoms with Crippen molar-refractivity contribution in [1.29, 1.82) is 0 Å². The third kappa shape index (κ3) is 69.7. The number of carbonyl (C=O) groups is 2. The molecule has 10 heteroatoms. The largest absolute Gasteiger partial charge is 0.756 e. The fourth-order valence-electron chi connectivity index (χ4n) is 11.4. The van der Waals surface area contributed by atoms with Crippen molar-refractivity contribution < 1.29 is 42.1 Å². The van der Waals surface area contributed by atoms with Crippen LogP contribution < -0.4 is 4.89 Å². The number of unbranched alkanes of at least 4 members (excludes halogenated alkanes) is 54. The molecule has 0 aliphatic carbocycles. The predicted molar refractivity (Wildman–Crippen MR) is 356 cm³/mol. The number of quaternary nitrogens is 1. The SMILES string of the molecule is CCCCCCCCCC/C=C\CCCCCCCCCCCCCCCCCCCCCCCC(=O)OC(COC(=O)CCCCCCCCCCCCCCCCCCCCCCCCCCCC)COP(=O)([O-])OCC[N+](C)(C)C. The Bertz CT molecular complexity index is 1400. The Morgan fingerprint density at radius 2 is 0.614 bits per heavy atom. The number of esters is 2. The van der Waals surface area contributed by atoms with E-state index in [1.165, 1.54) is 327 Å². The Labute approximate surface area is 517 Å². The third-order valence-corrected chi connectivity index (χ3v) is 18.0. The van der Waals surface area contributed by atoms with Gasteiger partial charge in [0.15, 0.2) is 6.10 Å². The second-order valence-electron chi connectivity index (χ2n) is 26.7. The average Bonchev–Trinajstić information content (AvgIpc) is 3.48. The first-order chi connectivity index (χ1) is 40.5. The van der Waals surface area contributed by atoms with Gasteiger partial charge < -0.3 is 27.9 Å². The lowest BCUT2D eigenvalue weighted by molar-refractivity contribution is -0.870. The highest BCUT2D eigenvalue weighted by molar-refractivity contribution is 7.45. The van der Waals surface area contributed by atoms with Gasteiger partial charge in [0.2, 0.25) is 0 Å². The van der Waals surface area contributed by atoms with Gasteiger partial charge in [-0.25, -0.2) is 0 Å². The molecule has 0 bridgehead atoms. The number of likely N-dealkylation sites (N-methyl/N-ethyl adjacent to an activating group) is 1. The molecule has 0 aromatic heterocycles. The van der Waals surface area contributed by atoms with Crippen molar-refractivity contribution >= 4 is 19.8 Å². The summed E-state index contributed by atoms with van der Waals surface area (Å²) in [5.41, 5.74) is 0. The maximum atomic E-state index is 12.9. The number of phosphoric ester groups is 1. The molecule has 9 nitrogen and oxygen atoms in total. The van der Waals surface area contributed by atoms with Crippen molar-refractivity contribution in [3.63, 3.8) is 0 Å². The van der Waals surface area contributed by atoms with Gasteiger partial charge in [0.1, 0.15) is 19.8 Å². The van der Waals surface area contributed by atoms with Gasteiger partial charge in [-0.1, -0.05) is 353 Å². The summed E-state index contributed by atoms with van der Waals surface area (Å²) in [5.74, 6) is -0.805. The summed E-state index contributed by atoms with van der Waals surface area (Å²) in [6.07, 6.45) is 80.3. The van der Waals surface area contributed by atoms with Gasteiger partial charge >= 0.3 is 11.9 Å². The van der Waals surface area contributed by atoms with Crippen LogP contribution in [0.2, 0.25) is 0 Å². The van der Waals surface area contributed by atoms with Gasteiger partial charge in [0, 0.05) is 12.8 Å². The highest BCUT2D eigenvalue weighted by Gasteiger charge is 2.22. The van der Waals surface area contributed by atoms with Gasteiger partial charge in [-0.15, -0.1) is 0 Å². The quantitative estimate of drug-likeness (QED) is 0.0195. The van der Waals surface area contributed by atoms with Crippen molar-refractivity contribution in [2.24, 2.45) is 0 Å². The zero-order chi connectivity index (χ0) is 60.5. The van der Waals surface area contributed by atoms with Crippen LogP contribution in [0.1, 0.15) is 393 Å². The van der Waals surface area contributed by atoms with Crippen LogP contribution in [0, 0.1) is 0 Å². The van der Waals surface area contributed by atoms with Crippen LogP contribution in [-0.2, 0) is 32.7 Å². The van der Waals surface area contributed by atoms with Crippen molar-refractivity contribution in [2.75, 3.05) is 47.5 Å². The molecule has 2 atom stereocenters. The highest BCUT2D eigenvalue weighted by atomic mass is 31.2. The second-order valence-corrected chi connectivity index (χ2v) is 28.1. The second kappa shape index (κ2) is 65.2. The number of ether oxygens (including phenoxy) is 2. The molecule has 0 rings (SSSR count). The molecule has 0 amide bonds. The summed E-state index contributed by atoms with van der Waals surface area (Å²) in [6, 6.07) is 0. The number of allylic oxidation sites excluding steroid dienone is 2. The number of hydrogen-bond donors (Lipinski definition) is 0. The fourth-order valence-corrected chi connectivity index (χ4v) is 12.1. The van der Waals surface area contributed by atoms with E-state index in [-0.39, 0.29) is 32.0 Å². The molecule has 0 saturated heterocycles. The van der Waals surface area contributed by atoms with E-state index in [0.29, 0.717) is 17.4 Å². The monoisotopic (exact) mass is 1190 g/mol. The van der Waals surface area contributed by atoms with E-state index in [1.807, 2.05) is 21.1 Å². The zero-order valence-electron chi connectivity index (χ0n) is 56.4. The summed E-state index contributed by atoms with van der Waals surface area (Å²) >= 11 is 0. The molecule has 0 N–H and O–H groups in total. The molecule has 494 valence electrons. The van der Waals surface area contributed by atoms with Crippen LogP contribution in [-0.4, -0.2) is 70.0 Å². The van der Waals surface area contributed by atoms with Crippen LogP contribution in [0.15, 0.2) is 12.2 Å². The smallest absolute Gasteiger partial charge is 0.306 e. The molecular formula is C73H144NO8P. The molecule has 0 aliphatic rings. The fraction of sp³-hybridized carbons (Fsp3) is 0.945. The number of rotatable bonds is 70. The maximum absolute atomic E-state index is 12.9. The molecule has 0 aromatic rings. The molecule has 0 spiro atoms. The summed E-state index contributed by atoms with van der Waals surface area (Å²) in [5, 5.41) is 0. The van der Waals surface area contributed by atoms with Crippen molar-refractivity contribution in [3.05, 3.63) is 12.2 Å². The molecule has 0 saturated carbocycles. The lowest BCUT2D eigenvalue weighted by Gasteiger charge is -2.28. The first-order valence-corrected chi connectivity index (χ1v) is 38.4. The third-order valence-electron chi connectivity index (χ3n) is 17.0. The van der Waals surface area contributed by atoms with Crippen LogP contribution in [0.5, 0.6) is 0 Å². The lowest BCUT2D eigenvalue weighted by Crippen LogP contribution is -2.37. The minimum atomic E-state index is -4.64. The molecule has 0 radical (unpaired) electrons. The zero-order valence-corrected chi connectivity index (χ0v) is 57.3. The van der Waals surface area contributed by atoms with Gasteiger partial charge in [0.25, 0.3) is 7.82 Å². The van der Waals surface area contributed by atoms with E-state index in [2.05, 4.69) is 26.0 Å². The molecule has 0 aliphatic heterocycles. The predicted octanol–water partition coefficient (Wildman–Crippen LogP) is 23.3. The summed E-state index contributed by atoms with van der Waals surface area (Å²) < 4.78 is 34.4. The molecule has 0 aromatic carbocycles. The Hall–Kier alpha value is -1.25. The van der Waals surface area contributed by atoms with E-state index in [1.54, 1.807) is 0 Å². The van der Waals surface area contributed by atoms with Crippen LogP contribution in [0.4, 0.5) is 0 Å². The van der Waals surface area contributed by atoms with Crippen LogP contribution in [0.25, 0.3) is 0 Å². The van der Waals surface area contributed by atoms with Gasteiger partial charge in [-0.3, -0.25) is 14.2 Å². The molecule has 0 heterocycles. The minimum absolute atomic E-state index is 0.0257. The van der Waals surface area contributed by atoms with E-state index >= 15 is 0 Å². The van der Waals surface area contributed by atoms with E-state index in [4.69, 9.17) is 18.5 Å². The first kappa shape index (κ1) is 81.8. The summed E-state index contributed by atoms with van der Waals surface area (Å²) in [6.45, 7) is 4.33. The van der Waals surface area contributed by atoms with Gasteiger partial charge in [-0.2, -0.15) is 0 Å². The van der Waals surface area contributed by atoms with Crippen molar-refractivity contribution in [1.82, 2.24) is 0 Å². The van der Waals surface area contributed by atoms with Gasteiger partial charge in [-0.05, 0) is 38.5 Å². The molecular weight excluding hydrogens is 1050 g/mol. The maximum Gasteiger partial charge on any atom is 0.306 e. The minimum Gasteiger partial charge on any atom is -0.756 e. The molecule has 0 fully saturated rings. The molecule has 83 heavy (non-hydrogen) atoms. The number of hydrogen-bond acceptors (Lipinski definition) is 8. The topological polar surface area (TPSA) is 111 Å². The van der Waals surface area contributed by atoms with Gasteiger partial charge in [0.05, 0.1) is 27.7 Å². The summed E-state index contributed by atoms with van der Waals surface area (Å²) in [4.78, 5) is 38.1. The normalized spacial score (nSPS) is 13.1. The average molecular weight is 1190 g/mol. The first-order valence-electron chi connectivity index (χ1n) is 36.9. The lowest BCUT2D eigenvalue weighted by atomic mass is 10.0. The van der Waals surface area contributed by atoms with Crippen molar-refractivity contribution in [2.45, 2.75) is 399 Å².